The second-order valence-corrected chi connectivity index (χ2v) is 4.23. The van der Waals surface area contributed by atoms with Crippen LogP contribution in [0.3, 0.4) is 0 Å². The number of carboxylic acids is 1. The van der Waals surface area contributed by atoms with Gasteiger partial charge in [-0.3, -0.25) is 0 Å². The average Bonchev–Trinajstić information content (AvgIpc) is 2.19. The molecular weight excluding hydrogens is 226 g/mol. The summed E-state index contributed by atoms with van der Waals surface area (Å²) in [6, 6.07) is 3.41. The van der Waals surface area contributed by atoms with E-state index in [2.05, 4.69) is 0 Å². The number of aliphatic carboxylic acids is 1. The number of rotatable bonds is 4. The number of allylic oxidation sites excluding steroid dienone is 1. The molecule has 0 amide bonds. The molecule has 0 radical (unpaired) electrons. The molecule has 0 aliphatic rings. The zero-order chi connectivity index (χ0) is 13.0. The molecule has 0 heterocycles. The standard InChI is InChI=1S/C13H14F2O2/c1-8(2)5-10(7-13(16)17)9-3-4-11(14)12(15)6-9/h3-4,6-8H,5H2,1-2H3,(H,16,17)/b10-7+. The van der Waals surface area contributed by atoms with Gasteiger partial charge in [0.2, 0.25) is 0 Å². The van der Waals surface area contributed by atoms with Gasteiger partial charge in [-0.15, -0.1) is 0 Å². The third-order valence-electron chi connectivity index (χ3n) is 2.22. The predicted octanol–water partition coefficient (Wildman–Crippen LogP) is 3.48. The fourth-order valence-corrected chi connectivity index (χ4v) is 1.54. The summed E-state index contributed by atoms with van der Waals surface area (Å²) in [6.07, 6.45) is 1.53. The van der Waals surface area contributed by atoms with Crippen molar-refractivity contribution in [3.05, 3.63) is 41.5 Å². The molecule has 0 spiro atoms. The maximum Gasteiger partial charge on any atom is 0.328 e. The smallest absolute Gasteiger partial charge is 0.328 e. The summed E-state index contributed by atoms with van der Waals surface area (Å²) in [5.41, 5.74) is 0.895. The van der Waals surface area contributed by atoms with Crippen LogP contribution in [0.15, 0.2) is 24.3 Å². The lowest BCUT2D eigenvalue weighted by molar-refractivity contribution is -0.131. The van der Waals surface area contributed by atoms with Crippen LogP contribution in [0.4, 0.5) is 8.78 Å². The van der Waals surface area contributed by atoms with Gasteiger partial charge in [0, 0.05) is 6.08 Å². The van der Waals surface area contributed by atoms with E-state index in [4.69, 9.17) is 5.11 Å². The minimum Gasteiger partial charge on any atom is -0.478 e. The first-order chi connectivity index (χ1) is 7.90. The lowest BCUT2D eigenvalue weighted by atomic mass is 9.96. The van der Waals surface area contributed by atoms with Crippen molar-refractivity contribution in [2.24, 2.45) is 5.92 Å². The summed E-state index contributed by atoms with van der Waals surface area (Å²) in [5, 5.41) is 8.74. The van der Waals surface area contributed by atoms with Crippen LogP contribution < -0.4 is 0 Å². The summed E-state index contributed by atoms with van der Waals surface area (Å²) in [6.45, 7) is 3.85. The number of hydrogen-bond donors (Lipinski definition) is 1. The quantitative estimate of drug-likeness (QED) is 0.818. The highest BCUT2D eigenvalue weighted by molar-refractivity contribution is 5.90. The normalized spacial score (nSPS) is 11.9. The molecule has 0 aliphatic carbocycles. The molecule has 1 aromatic carbocycles. The molecule has 1 aromatic rings. The molecule has 2 nitrogen and oxygen atoms in total. The second kappa shape index (κ2) is 5.57. The lowest BCUT2D eigenvalue weighted by Gasteiger charge is -2.10. The molecule has 0 unspecified atom stereocenters. The van der Waals surface area contributed by atoms with Gasteiger partial charge in [0.1, 0.15) is 0 Å². The molecule has 0 bridgehead atoms. The Hall–Kier alpha value is -1.71. The molecule has 17 heavy (non-hydrogen) atoms. The van der Waals surface area contributed by atoms with E-state index in [0.717, 1.165) is 18.2 Å². The Morgan fingerprint density at radius 2 is 2.00 bits per heavy atom. The first-order valence-corrected chi connectivity index (χ1v) is 5.29. The van der Waals surface area contributed by atoms with Gasteiger partial charge in [-0.1, -0.05) is 19.9 Å². The highest BCUT2D eigenvalue weighted by atomic mass is 19.2. The first kappa shape index (κ1) is 13.4. The highest BCUT2D eigenvalue weighted by Gasteiger charge is 2.10. The van der Waals surface area contributed by atoms with Crippen LogP contribution in [0.5, 0.6) is 0 Å². The fourth-order valence-electron chi connectivity index (χ4n) is 1.54. The molecule has 0 fully saturated rings. The molecule has 0 aliphatic heterocycles. The maximum absolute atomic E-state index is 13.1. The van der Waals surface area contributed by atoms with Crippen LogP contribution in [0.25, 0.3) is 5.57 Å². The van der Waals surface area contributed by atoms with Gasteiger partial charge in [-0.25, -0.2) is 13.6 Å². The van der Waals surface area contributed by atoms with Crippen LogP contribution in [-0.4, -0.2) is 11.1 Å². The zero-order valence-corrected chi connectivity index (χ0v) is 9.71. The van der Waals surface area contributed by atoms with Gasteiger partial charge in [-0.2, -0.15) is 0 Å². The Morgan fingerprint density at radius 1 is 1.35 bits per heavy atom. The van der Waals surface area contributed by atoms with E-state index in [1.807, 2.05) is 13.8 Å². The predicted molar refractivity (Wildman–Crippen MR) is 61.4 cm³/mol. The Balaban J connectivity index is 3.13. The Labute approximate surface area is 98.6 Å². The monoisotopic (exact) mass is 240 g/mol. The fraction of sp³-hybridized carbons (Fsp3) is 0.308. The number of carboxylic acid groups (broad SMARTS) is 1. The maximum atomic E-state index is 13.1. The third-order valence-corrected chi connectivity index (χ3v) is 2.22. The van der Waals surface area contributed by atoms with Crippen molar-refractivity contribution in [1.82, 2.24) is 0 Å². The van der Waals surface area contributed by atoms with Crippen LogP contribution in [0.1, 0.15) is 25.8 Å². The number of benzene rings is 1. The SMILES string of the molecule is CC(C)C/C(=C\C(=O)O)c1ccc(F)c(F)c1. The molecule has 1 rings (SSSR count). The summed E-state index contributed by atoms with van der Waals surface area (Å²) >= 11 is 0. The van der Waals surface area contributed by atoms with Gasteiger partial charge in [-0.05, 0) is 35.6 Å². The van der Waals surface area contributed by atoms with Crippen molar-refractivity contribution in [3.8, 4) is 0 Å². The van der Waals surface area contributed by atoms with Crippen molar-refractivity contribution in [1.29, 1.82) is 0 Å². The average molecular weight is 240 g/mol. The van der Waals surface area contributed by atoms with E-state index in [1.54, 1.807) is 0 Å². The molecular formula is C13H14F2O2. The Morgan fingerprint density at radius 3 is 2.47 bits per heavy atom. The lowest BCUT2D eigenvalue weighted by Crippen LogP contribution is -1.98. The van der Waals surface area contributed by atoms with Crippen molar-refractivity contribution >= 4 is 11.5 Å². The Bertz CT molecular complexity index is 451. The third kappa shape index (κ3) is 3.98. The van der Waals surface area contributed by atoms with Crippen LogP contribution in [-0.2, 0) is 4.79 Å². The number of carbonyl (C=O) groups is 1. The van der Waals surface area contributed by atoms with Crippen LogP contribution in [0, 0.1) is 17.6 Å². The minimum atomic E-state index is -1.09. The molecule has 0 aromatic heterocycles. The summed E-state index contributed by atoms with van der Waals surface area (Å²) in [7, 11) is 0. The highest BCUT2D eigenvalue weighted by Crippen LogP contribution is 2.24. The van der Waals surface area contributed by atoms with Crippen molar-refractivity contribution < 1.29 is 18.7 Å². The molecule has 0 saturated heterocycles. The van der Waals surface area contributed by atoms with Gasteiger partial charge in [0.15, 0.2) is 11.6 Å². The van der Waals surface area contributed by atoms with Crippen molar-refractivity contribution in [3.63, 3.8) is 0 Å². The van der Waals surface area contributed by atoms with Gasteiger partial charge < -0.3 is 5.11 Å². The summed E-state index contributed by atoms with van der Waals surface area (Å²) in [4.78, 5) is 10.7. The first-order valence-electron chi connectivity index (χ1n) is 5.29. The van der Waals surface area contributed by atoms with Crippen molar-refractivity contribution in [2.45, 2.75) is 20.3 Å². The van der Waals surface area contributed by atoms with Crippen molar-refractivity contribution in [2.75, 3.05) is 0 Å². The van der Waals surface area contributed by atoms with Gasteiger partial charge in [0.25, 0.3) is 0 Å². The number of halogens is 2. The largest absolute Gasteiger partial charge is 0.478 e. The van der Waals surface area contributed by atoms with Crippen LogP contribution in [0.2, 0.25) is 0 Å². The van der Waals surface area contributed by atoms with E-state index < -0.39 is 17.6 Å². The minimum absolute atomic E-state index is 0.230. The van der Waals surface area contributed by atoms with Crippen LogP contribution >= 0.6 is 0 Å². The molecule has 0 saturated carbocycles. The van der Waals surface area contributed by atoms with E-state index in [-0.39, 0.29) is 5.92 Å². The van der Waals surface area contributed by atoms with Gasteiger partial charge >= 0.3 is 5.97 Å². The van der Waals surface area contributed by atoms with E-state index >= 15 is 0 Å². The number of hydrogen-bond acceptors (Lipinski definition) is 1. The second-order valence-electron chi connectivity index (χ2n) is 4.23. The van der Waals surface area contributed by atoms with E-state index in [9.17, 15) is 13.6 Å². The Kier molecular flexibility index (Phi) is 4.37. The molecule has 92 valence electrons. The summed E-state index contributed by atoms with van der Waals surface area (Å²) in [5.74, 6) is -2.77. The molecule has 0 atom stereocenters. The zero-order valence-electron chi connectivity index (χ0n) is 9.71. The summed E-state index contributed by atoms with van der Waals surface area (Å²) < 4.78 is 25.8. The van der Waals surface area contributed by atoms with E-state index in [1.165, 1.54) is 6.07 Å². The topological polar surface area (TPSA) is 37.3 Å². The van der Waals surface area contributed by atoms with Gasteiger partial charge in [0.05, 0.1) is 0 Å². The molecule has 1 N–H and O–H groups in total. The molecule has 4 heteroatoms. The van der Waals surface area contributed by atoms with E-state index in [0.29, 0.717) is 17.6 Å².